The highest BCUT2D eigenvalue weighted by atomic mass is 19.1. The normalized spacial score (nSPS) is 20.4. The van der Waals surface area contributed by atoms with Crippen LogP contribution in [0.1, 0.15) is 31.9 Å². The third-order valence-electron chi connectivity index (χ3n) is 5.04. The molecule has 1 aliphatic carbocycles. The van der Waals surface area contributed by atoms with Crippen molar-refractivity contribution in [3.63, 3.8) is 0 Å². The molecule has 0 radical (unpaired) electrons. The summed E-state index contributed by atoms with van der Waals surface area (Å²) in [5.41, 5.74) is 0.298. The van der Waals surface area contributed by atoms with Gasteiger partial charge in [-0.3, -0.25) is 9.89 Å². The van der Waals surface area contributed by atoms with Gasteiger partial charge in [-0.25, -0.2) is 28.1 Å². The predicted octanol–water partition coefficient (Wildman–Crippen LogP) is 3.04. The number of hydrogen-bond acceptors (Lipinski definition) is 6. The van der Waals surface area contributed by atoms with Gasteiger partial charge in [0.05, 0.1) is 23.2 Å². The quantitative estimate of drug-likeness (QED) is 0.576. The third kappa shape index (κ3) is 3.47. The lowest BCUT2D eigenvalue weighted by molar-refractivity contribution is -0.141. The van der Waals surface area contributed by atoms with Crippen molar-refractivity contribution >= 4 is 22.8 Å². The topological polar surface area (TPSA) is 117 Å². The highest BCUT2D eigenvalue weighted by molar-refractivity contribution is 5.88. The molecular formula is C18H17F3N6O2. The van der Waals surface area contributed by atoms with Gasteiger partial charge in [-0.05, 0) is 26.3 Å². The maximum atomic E-state index is 15.0. The molecule has 1 aliphatic rings. The minimum atomic E-state index is -1.21. The van der Waals surface area contributed by atoms with Gasteiger partial charge in [-0.15, -0.1) is 0 Å². The molecule has 0 aliphatic heterocycles. The molecule has 2 unspecified atom stereocenters. The van der Waals surface area contributed by atoms with E-state index in [9.17, 15) is 18.0 Å². The van der Waals surface area contributed by atoms with Crippen molar-refractivity contribution in [3.05, 3.63) is 29.6 Å². The van der Waals surface area contributed by atoms with Gasteiger partial charge in [0.1, 0.15) is 17.7 Å². The van der Waals surface area contributed by atoms with Crippen molar-refractivity contribution in [2.75, 3.05) is 5.32 Å². The number of nitrogens with zero attached hydrogens (tertiary/aromatic N) is 4. The van der Waals surface area contributed by atoms with Gasteiger partial charge in [0.25, 0.3) is 0 Å². The fourth-order valence-corrected chi connectivity index (χ4v) is 2.96. The Labute approximate surface area is 162 Å². The van der Waals surface area contributed by atoms with Crippen LogP contribution in [0.25, 0.3) is 22.6 Å². The summed E-state index contributed by atoms with van der Waals surface area (Å²) in [5, 5.41) is 18.8. The number of carboxylic acids is 1. The Morgan fingerprint density at radius 1 is 1.34 bits per heavy atom. The molecule has 3 aromatic heterocycles. The second-order valence-corrected chi connectivity index (χ2v) is 7.14. The third-order valence-corrected chi connectivity index (χ3v) is 5.04. The number of H-pyrrole nitrogens is 1. The zero-order valence-electron chi connectivity index (χ0n) is 15.4. The average Bonchev–Trinajstić information content (AvgIpc) is 3.25. The van der Waals surface area contributed by atoms with E-state index in [1.54, 1.807) is 6.92 Å². The molecule has 29 heavy (non-hydrogen) atoms. The predicted molar refractivity (Wildman–Crippen MR) is 97.0 cm³/mol. The minimum absolute atomic E-state index is 0.0203. The van der Waals surface area contributed by atoms with Crippen molar-refractivity contribution in [3.8, 4) is 11.5 Å². The van der Waals surface area contributed by atoms with Crippen LogP contribution in [0.15, 0.2) is 12.3 Å². The first-order valence-electron chi connectivity index (χ1n) is 8.97. The van der Waals surface area contributed by atoms with Crippen LogP contribution in [0.3, 0.4) is 0 Å². The number of aromatic nitrogens is 5. The molecule has 0 bridgehead atoms. The Morgan fingerprint density at radius 2 is 2.07 bits per heavy atom. The molecule has 8 nitrogen and oxygen atoms in total. The summed E-state index contributed by atoms with van der Waals surface area (Å²) in [7, 11) is 0. The molecule has 3 aromatic rings. The van der Waals surface area contributed by atoms with Crippen LogP contribution in [0, 0.1) is 17.6 Å². The number of carbonyl (C=O) groups is 1. The van der Waals surface area contributed by atoms with Gasteiger partial charge in [-0.2, -0.15) is 5.10 Å². The van der Waals surface area contributed by atoms with Crippen LogP contribution in [-0.4, -0.2) is 48.4 Å². The number of nitrogens with one attached hydrogen (secondary N) is 2. The lowest BCUT2D eigenvalue weighted by atomic mass is 10.0. The number of carboxylic acid groups (broad SMARTS) is 1. The number of hydrogen-bond donors (Lipinski definition) is 3. The van der Waals surface area contributed by atoms with E-state index in [0.29, 0.717) is 0 Å². The van der Waals surface area contributed by atoms with Gasteiger partial charge in [-0.1, -0.05) is 0 Å². The van der Waals surface area contributed by atoms with Crippen LogP contribution < -0.4 is 5.32 Å². The van der Waals surface area contributed by atoms with Crippen molar-refractivity contribution < 1.29 is 23.1 Å². The Balaban J connectivity index is 1.81. The number of halogens is 3. The van der Waals surface area contributed by atoms with Gasteiger partial charge in [0.15, 0.2) is 23.1 Å². The molecule has 11 heteroatoms. The first-order valence-corrected chi connectivity index (χ1v) is 8.97. The van der Waals surface area contributed by atoms with Crippen LogP contribution in [0.2, 0.25) is 0 Å². The van der Waals surface area contributed by atoms with Crippen molar-refractivity contribution in [1.82, 2.24) is 25.1 Å². The first-order chi connectivity index (χ1) is 13.8. The summed E-state index contributed by atoms with van der Waals surface area (Å²) in [6, 6.07) is 0.515. The van der Waals surface area contributed by atoms with E-state index in [2.05, 4.69) is 30.5 Å². The van der Waals surface area contributed by atoms with E-state index in [1.807, 2.05) is 0 Å². The maximum absolute atomic E-state index is 15.0. The molecular weight excluding hydrogens is 389 g/mol. The lowest BCUT2D eigenvalue weighted by Crippen LogP contribution is -2.30. The lowest BCUT2D eigenvalue weighted by Gasteiger charge is -2.19. The smallest absolute Gasteiger partial charge is 0.308 e. The molecule has 0 aromatic carbocycles. The van der Waals surface area contributed by atoms with Crippen molar-refractivity contribution in [2.24, 2.45) is 5.92 Å². The minimum Gasteiger partial charge on any atom is -0.481 e. The summed E-state index contributed by atoms with van der Waals surface area (Å²) in [4.78, 5) is 23.3. The number of aromatic amines is 1. The molecule has 4 rings (SSSR count). The van der Waals surface area contributed by atoms with Gasteiger partial charge < -0.3 is 10.4 Å². The van der Waals surface area contributed by atoms with Gasteiger partial charge in [0.2, 0.25) is 0 Å². The number of anilines is 1. The van der Waals surface area contributed by atoms with Gasteiger partial charge in [0, 0.05) is 12.0 Å². The highest BCUT2D eigenvalue weighted by Crippen LogP contribution is 2.45. The SMILES string of the molecule is C[C@H](Nc1nc(-c2[nH]nc3ncc(F)cc23)nc(C2CC2F)c1F)[C@H](C)C(=O)O. The van der Waals surface area contributed by atoms with Crippen molar-refractivity contribution in [1.29, 1.82) is 0 Å². The molecule has 3 heterocycles. The van der Waals surface area contributed by atoms with Crippen LogP contribution in [0.4, 0.5) is 19.0 Å². The van der Waals surface area contributed by atoms with Crippen LogP contribution in [0.5, 0.6) is 0 Å². The molecule has 0 saturated heterocycles. The number of aliphatic carboxylic acids is 1. The number of alkyl halides is 1. The van der Waals surface area contributed by atoms with E-state index in [0.717, 1.165) is 6.20 Å². The molecule has 0 spiro atoms. The summed E-state index contributed by atoms with van der Waals surface area (Å²) in [6.07, 6.45) is -0.0783. The Hall–Kier alpha value is -3.24. The number of pyridine rings is 1. The zero-order chi connectivity index (χ0) is 20.9. The van der Waals surface area contributed by atoms with Crippen LogP contribution in [-0.2, 0) is 4.79 Å². The molecule has 4 atom stereocenters. The van der Waals surface area contributed by atoms with E-state index in [4.69, 9.17) is 5.11 Å². The zero-order valence-corrected chi connectivity index (χ0v) is 15.4. The van der Waals surface area contributed by atoms with E-state index >= 15 is 0 Å². The first kappa shape index (κ1) is 19.1. The molecule has 152 valence electrons. The summed E-state index contributed by atoms with van der Waals surface area (Å²) in [5.74, 6) is -4.32. The van der Waals surface area contributed by atoms with E-state index in [-0.39, 0.29) is 40.5 Å². The van der Waals surface area contributed by atoms with E-state index in [1.165, 1.54) is 13.0 Å². The van der Waals surface area contributed by atoms with Crippen LogP contribution >= 0.6 is 0 Å². The number of fused-ring (bicyclic) bond motifs is 1. The van der Waals surface area contributed by atoms with Gasteiger partial charge >= 0.3 is 5.97 Å². The second-order valence-electron chi connectivity index (χ2n) is 7.14. The summed E-state index contributed by atoms with van der Waals surface area (Å²) >= 11 is 0. The summed E-state index contributed by atoms with van der Waals surface area (Å²) < 4.78 is 42.2. The standard InChI is InChI=1S/C18H17F3N6O2/c1-6(18(28)29)7(2)23-16-12(21)13(9-4-11(9)20)24-17(25-16)14-10-3-8(19)5-22-15(10)27-26-14/h3,5-7,9,11H,4H2,1-2H3,(H,28,29)(H,22,26,27)(H,23,24,25)/t6-,7-,9?,11?/m0/s1. The van der Waals surface area contributed by atoms with Crippen molar-refractivity contribution in [2.45, 2.75) is 38.4 Å². The highest BCUT2D eigenvalue weighted by Gasteiger charge is 2.43. The fraction of sp³-hybridized carbons (Fsp3) is 0.389. The molecule has 1 saturated carbocycles. The molecule has 1 fully saturated rings. The Morgan fingerprint density at radius 3 is 2.72 bits per heavy atom. The number of rotatable bonds is 6. The fourth-order valence-electron chi connectivity index (χ4n) is 2.96. The largest absolute Gasteiger partial charge is 0.481 e. The molecule has 0 amide bonds. The monoisotopic (exact) mass is 406 g/mol. The Kier molecular flexibility index (Phi) is 4.59. The average molecular weight is 406 g/mol. The summed E-state index contributed by atoms with van der Waals surface area (Å²) in [6.45, 7) is 3.04. The van der Waals surface area contributed by atoms with E-state index < -0.39 is 41.7 Å². The second kappa shape index (κ2) is 6.98. The molecule has 3 N–H and O–H groups in total. The maximum Gasteiger partial charge on any atom is 0.308 e. The Bertz CT molecular complexity index is 1100.